The summed E-state index contributed by atoms with van der Waals surface area (Å²) in [5.41, 5.74) is 3.43. The molecule has 22 heavy (non-hydrogen) atoms. The third kappa shape index (κ3) is 3.50. The van der Waals surface area contributed by atoms with Crippen LogP contribution in [0.4, 0.5) is 0 Å². The normalized spacial score (nSPS) is 25.8. The van der Waals surface area contributed by atoms with E-state index in [-0.39, 0.29) is 12.5 Å². The molecule has 2 aliphatic rings. The van der Waals surface area contributed by atoms with Gasteiger partial charge in [0.05, 0.1) is 0 Å². The van der Waals surface area contributed by atoms with Gasteiger partial charge in [0.15, 0.2) is 6.61 Å². The number of fused-ring (bicyclic) bond motifs is 2. The molecular formula is C17H19ClN2O2. The van der Waals surface area contributed by atoms with Crippen molar-refractivity contribution < 1.29 is 9.53 Å². The summed E-state index contributed by atoms with van der Waals surface area (Å²) in [6, 6.07) is 5.30. The van der Waals surface area contributed by atoms with Gasteiger partial charge in [-0.1, -0.05) is 23.8 Å². The minimum Gasteiger partial charge on any atom is -0.483 e. The van der Waals surface area contributed by atoms with Gasteiger partial charge in [-0.2, -0.15) is 5.10 Å². The van der Waals surface area contributed by atoms with Crippen molar-refractivity contribution in [2.75, 3.05) is 6.61 Å². The number of hydrazone groups is 1. The molecular weight excluding hydrogens is 300 g/mol. The number of halogens is 1. The quantitative estimate of drug-likeness (QED) is 0.514. The summed E-state index contributed by atoms with van der Waals surface area (Å²) in [7, 11) is 0. The van der Waals surface area contributed by atoms with Gasteiger partial charge in [-0.05, 0) is 55.4 Å². The zero-order valence-electron chi connectivity index (χ0n) is 12.5. The minimum atomic E-state index is -0.260. The van der Waals surface area contributed by atoms with Crippen LogP contribution in [0.3, 0.4) is 0 Å². The predicted octanol–water partition coefficient (Wildman–Crippen LogP) is 3.34. The van der Waals surface area contributed by atoms with E-state index >= 15 is 0 Å². The van der Waals surface area contributed by atoms with Gasteiger partial charge in [0.1, 0.15) is 5.75 Å². The number of amides is 1. The molecule has 2 bridgehead atoms. The maximum Gasteiger partial charge on any atom is 0.277 e. The smallest absolute Gasteiger partial charge is 0.277 e. The van der Waals surface area contributed by atoms with Crippen LogP contribution in [-0.2, 0) is 4.79 Å². The number of aryl methyl sites for hydroxylation is 1. The van der Waals surface area contributed by atoms with Gasteiger partial charge in [-0.3, -0.25) is 4.79 Å². The van der Waals surface area contributed by atoms with E-state index in [0.717, 1.165) is 12.0 Å². The molecule has 1 aromatic rings. The Bertz CT molecular complexity index is 627. The van der Waals surface area contributed by atoms with Crippen molar-refractivity contribution in [2.24, 2.45) is 22.9 Å². The number of hydrogen-bond acceptors (Lipinski definition) is 3. The van der Waals surface area contributed by atoms with E-state index in [9.17, 15) is 4.79 Å². The Morgan fingerprint density at radius 1 is 1.45 bits per heavy atom. The van der Waals surface area contributed by atoms with Crippen molar-refractivity contribution in [1.29, 1.82) is 0 Å². The van der Waals surface area contributed by atoms with Gasteiger partial charge in [-0.15, -0.1) is 0 Å². The monoisotopic (exact) mass is 318 g/mol. The molecule has 3 rings (SSSR count). The van der Waals surface area contributed by atoms with Crippen LogP contribution in [0.1, 0.15) is 18.4 Å². The molecule has 1 aromatic carbocycles. The van der Waals surface area contributed by atoms with Crippen LogP contribution in [0.5, 0.6) is 5.75 Å². The highest BCUT2D eigenvalue weighted by Crippen LogP contribution is 2.42. The van der Waals surface area contributed by atoms with Crippen molar-refractivity contribution in [3.63, 3.8) is 0 Å². The van der Waals surface area contributed by atoms with Gasteiger partial charge in [0.25, 0.3) is 5.91 Å². The second kappa shape index (κ2) is 6.53. The number of benzene rings is 1. The zero-order chi connectivity index (χ0) is 15.5. The second-order valence-corrected chi connectivity index (χ2v) is 6.39. The highest BCUT2D eigenvalue weighted by Gasteiger charge is 2.34. The summed E-state index contributed by atoms with van der Waals surface area (Å²) in [5, 5.41) is 4.71. The lowest BCUT2D eigenvalue weighted by Gasteiger charge is -2.12. The first-order valence-electron chi connectivity index (χ1n) is 7.51. The lowest BCUT2D eigenvalue weighted by molar-refractivity contribution is -0.123. The van der Waals surface area contributed by atoms with Gasteiger partial charge in [0, 0.05) is 17.2 Å². The molecule has 0 heterocycles. The third-order valence-corrected chi connectivity index (χ3v) is 4.52. The summed E-state index contributed by atoms with van der Waals surface area (Å²) >= 11 is 5.88. The lowest BCUT2D eigenvalue weighted by Crippen LogP contribution is -2.25. The second-order valence-electron chi connectivity index (χ2n) is 5.96. The summed E-state index contributed by atoms with van der Waals surface area (Å²) in [5.74, 6) is 2.15. The standard InChI is InChI=1S/C17H19ClN2O2/c1-11-6-15(18)4-5-16(11)22-10-17(21)20-19-9-14-8-12-2-3-13(14)7-12/h2-6,9,12-14H,7-8,10H2,1H3,(H,20,21). The Labute approximate surface area is 135 Å². The average molecular weight is 319 g/mol. The molecule has 4 nitrogen and oxygen atoms in total. The van der Waals surface area contributed by atoms with Crippen molar-refractivity contribution in [1.82, 2.24) is 5.43 Å². The Kier molecular flexibility index (Phi) is 4.48. The maximum atomic E-state index is 11.7. The van der Waals surface area contributed by atoms with Crippen LogP contribution in [0.25, 0.3) is 0 Å². The lowest BCUT2D eigenvalue weighted by atomic mass is 9.95. The molecule has 3 unspecified atom stereocenters. The van der Waals surface area contributed by atoms with Gasteiger partial charge in [-0.25, -0.2) is 5.43 Å². The molecule has 0 radical (unpaired) electrons. The average Bonchev–Trinajstić information content (AvgIpc) is 3.09. The Balaban J connectivity index is 1.44. The first-order chi connectivity index (χ1) is 10.6. The molecule has 1 amide bonds. The van der Waals surface area contributed by atoms with Crippen LogP contribution in [0.15, 0.2) is 35.5 Å². The molecule has 1 fully saturated rings. The Hall–Kier alpha value is -1.81. The summed E-state index contributed by atoms with van der Waals surface area (Å²) in [4.78, 5) is 11.7. The fraction of sp³-hybridized carbons (Fsp3) is 0.412. The van der Waals surface area contributed by atoms with Crippen LogP contribution < -0.4 is 10.2 Å². The summed E-state index contributed by atoms with van der Waals surface area (Å²) in [6.45, 7) is 1.83. The minimum absolute atomic E-state index is 0.0591. The Morgan fingerprint density at radius 3 is 3.00 bits per heavy atom. The van der Waals surface area contributed by atoms with E-state index in [4.69, 9.17) is 16.3 Å². The van der Waals surface area contributed by atoms with Crippen molar-refractivity contribution in [2.45, 2.75) is 19.8 Å². The number of nitrogens with zero attached hydrogens (tertiary/aromatic N) is 1. The van der Waals surface area contributed by atoms with Crippen LogP contribution >= 0.6 is 11.6 Å². The molecule has 0 aromatic heterocycles. The van der Waals surface area contributed by atoms with E-state index < -0.39 is 0 Å². The van der Waals surface area contributed by atoms with E-state index in [1.165, 1.54) is 6.42 Å². The molecule has 0 spiro atoms. The number of carbonyl (C=O) groups excluding carboxylic acids is 1. The zero-order valence-corrected chi connectivity index (χ0v) is 13.2. The third-order valence-electron chi connectivity index (χ3n) is 4.28. The summed E-state index contributed by atoms with van der Waals surface area (Å²) < 4.78 is 5.47. The maximum absolute atomic E-state index is 11.7. The van der Waals surface area contributed by atoms with E-state index in [1.807, 2.05) is 13.1 Å². The van der Waals surface area contributed by atoms with Crippen molar-refractivity contribution in [3.05, 3.63) is 40.9 Å². The highest BCUT2D eigenvalue weighted by atomic mass is 35.5. The van der Waals surface area contributed by atoms with Crippen LogP contribution in [0, 0.1) is 24.7 Å². The number of nitrogens with one attached hydrogen (secondary N) is 1. The molecule has 1 N–H and O–H groups in total. The van der Waals surface area contributed by atoms with Gasteiger partial charge < -0.3 is 4.74 Å². The number of allylic oxidation sites excluding steroid dienone is 2. The fourth-order valence-corrected chi connectivity index (χ4v) is 3.38. The van der Waals surface area contributed by atoms with Gasteiger partial charge >= 0.3 is 0 Å². The highest BCUT2D eigenvalue weighted by molar-refractivity contribution is 6.30. The number of ether oxygens (including phenoxy) is 1. The van der Waals surface area contributed by atoms with Crippen LogP contribution in [-0.4, -0.2) is 18.7 Å². The van der Waals surface area contributed by atoms with Gasteiger partial charge in [0.2, 0.25) is 0 Å². The number of hydrogen-bond donors (Lipinski definition) is 1. The SMILES string of the molecule is Cc1cc(Cl)ccc1OCC(=O)NN=CC1CC2C=CC1C2. The number of carbonyl (C=O) groups is 1. The summed E-state index contributed by atoms with van der Waals surface area (Å²) in [6.07, 6.45) is 8.78. The molecule has 2 aliphatic carbocycles. The van der Waals surface area contributed by atoms with Crippen molar-refractivity contribution >= 4 is 23.7 Å². The Morgan fingerprint density at radius 2 is 2.32 bits per heavy atom. The molecule has 116 valence electrons. The molecule has 1 saturated carbocycles. The van der Waals surface area contributed by atoms with Crippen LogP contribution in [0.2, 0.25) is 5.02 Å². The fourth-order valence-electron chi connectivity index (χ4n) is 3.15. The largest absolute Gasteiger partial charge is 0.483 e. The molecule has 0 saturated heterocycles. The first kappa shape index (κ1) is 15.1. The van der Waals surface area contributed by atoms with E-state index in [1.54, 1.807) is 18.2 Å². The first-order valence-corrected chi connectivity index (χ1v) is 7.89. The van der Waals surface area contributed by atoms with Crippen molar-refractivity contribution in [3.8, 4) is 5.75 Å². The number of rotatable bonds is 5. The van der Waals surface area contributed by atoms with E-state index in [2.05, 4.69) is 22.7 Å². The molecule has 0 aliphatic heterocycles. The topological polar surface area (TPSA) is 50.7 Å². The predicted molar refractivity (Wildman–Crippen MR) is 87.2 cm³/mol. The molecule has 3 atom stereocenters. The molecule has 5 heteroatoms. The van der Waals surface area contributed by atoms with E-state index in [0.29, 0.717) is 28.5 Å².